The minimum atomic E-state index is -0.764. The van der Waals surface area contributed by atoms with Crippen molar-refractivity contribution in [1.82, 2.24) is 0 Å². The molecule has 0 aromatic heterocycles. The molecular weight excluding hydrogens is 230 g/mol. The number of rotatable bonds is 1. The van der Waals surface area contributed by atoms with Gasteiger partial charge in [-0.05, 0) is 28.1 Å². The van der Waals surface area contributed by atoms with Crippen LogP contribution < -0.4 is 5.73 Å². The van der Waals surface area contributed by atoms with Crippen LogP contribution in [0.4, 0.5) is 8.78 Å². The first-order chi connectivity index (χ1) is 5.52. The molecule has 1 aromatic carbocycles. The highest BCUT2D eigenvalue weighted by atomic mass is 79.9. The van der Waals surface area contributed by atoms with E-state index in [9.17, 15) is 8.78 Å². The van der Waals surface area contributed by atoms with Gasteiger partial charge in [0, 0.05) is 5.56 Å². The summed E-state index contributed by atoms with van der Waals surface area (Å²) < 4.78 is 25.3. The van der Waals surface area contributed by atoms with E-state index in [1.54, 1.807) is 0 Å². The first kappa shape index (κ1) is 9.12. The molecule has 2 nitrogen and oxygen atoms in total. The van der Waals surface area contributed by atoms with Crippen LogP contribution >= 0.6 is 15.9 Å². The quantitative estimate of drug-likeness (QED) is 0.436. The lowest BCUT2D eigenvalue weighted by atomic mass is 10.2. The number of nitrogens with two attached hydrogens (primary N) is 1. The summed E-state index contributed by atoms with van der Waals surface area (Å²) in [6.45, 7) is 0. The van der Waals surface area contributed by atoms with Crippen molar-refractivity contribution in [2.45, 2.75) is 0 Å². The van der Waals surface area contributed by atoms with Gasteiger partial charge in [0.05, 0.1) is 4.47 Å². The Balaban J connectivity index is 3.31. The van der Waals surface area contributed by atoms with Crippen LogP contribution in [0.5, 0.6) is 0 Å². The summed E-state index contributed by atoms with van der Waals surface area (Å²) in [4.78, 5) is 0. The highest BCUT2D eigenvalue weighted by molar-refractivity contribution is 9.10. The van der Waals surface area contributed by atoms with E-state index in [4.69, 9.17) is 11.1 Å². The Kier molecular flexibility index (Phi) is 2.42. The molecule has 1 aromatic rings. The third-order valence-corrected chi connectivity index (χ3v) is 2.05. The molecule has 0 aliphatic rings. The van der Waals surface area contributed by atoms with Gasteiger partial charge in [0.15, 0.2) is 0 Å². The zero-order valence-electron chi connectivity index (χ0n) is 5.87. The molecule has 0 saturated heterocycles. The molecule has 0 bridgehead atoms. The van der Waals surface area contributed by atoms with Gasteiger partial charge in [0.25, 0.3) is 0 Å². The van der Waals surface area contributed by atoms with Gasteiger partial charge in [-0.3, -0.25) is 5.41 Å². The Morgan fingerprint density at radius 2 is 1.75 bits per heavy atom. The summed E-state index contributed by atoms with van der Waals surface area (Å²) in [5.41, 5.74) is 5.07. The smallest absolute Gasteiger partial charge is 0.141 e. The number of halogens is 3. The van der Waals surface area contributed by atoms with Crippen molar-refractivity contribution in [2.75, 3.05) is 0 Å². The Morgan fingerprint density at radius 3 is 2.08 bits per heavy atom. The lowest BCUT2D eigenvalue weighted by molar-refractivity contribution is 0.571. The molecule has 5 heteroatoms. The molecule has 0 unspecified atom stereocenters. The third kappa shape index (κ3) is 1.61. The van der Waals surface area contributed by atoms with Crippen LogP contribution in [0.15, 0.2) is 16.6 Å². The number of hydrogen-bond acceptors (Lipinski definition) is 1. The average Bonchev–Trinajstić information content (AvgIpc) is 1.99. The van der Waals surface area contributed by atoms with Crippen molar-refractivity contribution in [3.05, 3.63) is 33.8 Å². The Labute approximate surface area is 76.0 Å². The molecule has 0 aliphatic carbocycles. The largest absolute Gasteiger partial charge is 0.384 e. The fourth-order valence-corrected chi connectivity index (χ4v) is 0.940. The van der Waals surface area contributed by atoms with Crippen LogP contribution in [0.25, 0.3) is 0 Å². The van der Waals surface area contributed by atoms with Crippen molar-refractivity contribution in [3.63, 3.8) is 0 Å². The number of nitrogens with one attached hydrogen (secondary N) is 1. The number of benzene rings is 1. The second-order valence-electron chi connectivity index (χ2n) is 2.17. The Bertz CT molecular complexity index is 315. The van der Waals surface area contributed by atoms with Gasteiger partial charge in [-0.2, -0.15) is 0 Å². The summed E-state index contributed by atoms with van der Waals surface area (Å²) in [7, 11) is 0. The van der Waals surface area contributed by atoms with E-state index in [0.29, 0.717) is 0 Å². The molecule has 1 rings (SSSR count). The van der Waals surface area contributed by atoms with Crippen molar-refractivity contribution in [1.29, 1.82) is 5.41 Å². The van der Waals surface area contributed by atoms with E-state index >= 15 is 0 Å². The molecule has 0 aliphatic heterocycles. The number of amidine groups is 1. The predicted octanol–water partition coefficient (Wildman–Crippen LogP) is 2.01. The minimum absolute atomic E-state index is 0.0354. The first-order valence-corrected chi connectivity index (χ1v) is 3.80. The molecule has 0 atom stereocenters. The maximum Gasteiger partial charge on any atom is 0.141 e. The van der Waals surface area contributed by atoms with Crippen LogP contribution in [0.2, 0.25) is 0 Å². The van der Waals surface area contributed by atoms with E-state index in [1.165, 1.54) is 0 Å². The minimum Gasteiger partial charge on any atom is -0.384 e. The van der Waals surface area contributed by atoms with Crippen LogP contribution in [-0.4, -0.2) is 5.84 Å². The standard InChI is InChI=1S/C7H5BrF2N2/c8-6-4(9)1-3(7(11)12)2-5(6)10/h1-2H,(H3,11,12). The summed E-state index contributed by atoms with van der Waals surface area (Å²) in [6, 6.07) is 1.99. The highest BCUT2D eigenvalue weighted by Crippen LogP contribution is 2.20. The molecule has 12 heavy (non-hydrogen) atoms. The van der Waals surface area contributed by atoms with Crippen LogP contribution in [0, 0.1) is 17.0 Å². The van der Waals surface area contributed by atoms with E-state index in [1.807, 2.05) is 0 Å². The third-order valence-electron chi connectivity index (χ3n) is 1.29. The molecule has 0 heterocycles. The summed E-state index contributed by atoms with van der Waals surface area (Å²) in [6.07, 6.45) is 0. The molecule has 64 valence electrons. The van der Waals surface area contributed by atoms with Crippen molar-refractivity contribution in [2.24, 2.45) is 5.73 Å². The number of hydrogen-bond donors (Lipinski definition) is 2. The zero-order valence-corrected chi connectivity index (χ0v) is 7.45. The molecular formula is C7H5BrF2N2. The topological polar surface area (TPSA) is 49.9 Å². The lowest BCUT2D eigenvalue weighted by Crippen LogP contribution is -2.11. The maximum absolute atomic E-state index is 12.8. The van der Waals surface area contributed by atoms with E-state index in [0.717, 1.165) is 12.1 Å². The van der Waals surface area contributed by atoms with Gasteiger partial charge in [0.2, 0.25) is 0 Å². The second kappa shape index (κ2) is 3.18. The van der Waals surface area contributed by atoms with E-state index in [2.05, 4.69) is 15.9 Å². The predicted molar refractivity (Wildman–Crippen MR) is 45.1 cm³/mol. The Hall–Kier alpha value is -0.970. The fraction of sp³-hybridized carbons (Fsp3) is 0. The van der Waals surface area contributed by atoms with Crippen molar-refractivity contribution >= 4 is 21.8 Å². The van der Waals surface area contributed by atoms with Gasteiger partial charge in [-0.25, -0.2) is 8.78 Å². The molecule has 0 saturated carbocycles. The van der Waals surface area contributed by atoms with E-state index in [-0.39, 0.29) is 15.9 Å². The zero-order chi connectivity index (χ0) is 9.30. The van der Waals surface area contributed by atoms with Crippen molar-refractivity contribution < 1.29 is 8.78 Å². The normalized spacial score (nSPS) is 9.92. The van der Waals surface area contributed by atoms with Gasteiger partial charge < -0.3 is 5.73 Å². The molecule has 0 fully saturated rings. The van der Waals surface area contributed by atoms with Crippen LogP contribution in [-0.2, 0) is 0 Å². The monoisotopic (exact) mass is 234 g/mol. The fourth-order valence-electron chi connectivity index (χ4n) is 0.711. The van der Waals surface area contributed by atoms with Crippen LogP contribution in [0.1, 0.15) is 5.56 Å². The molecule has 0 spiro atoms. The van der Waals surface area contributed by atoms with Crippen LogP contribution in [0.3, 0.4) is 0 Å². The highest BCUT2D eigenvalue weighted by Gasteiger charge is 2.08. The van der Waals surface area contributed by atoms with Crippen molar-refractivity contribution in [3.8, 4) is 0 Å². The summed E-state index contributed by atoms with van der Waals surface area (Å²) >= 11 is 2.70. The Morgan fingerprint density at radius 1 is 1.33 bits per heavy atom. The lowest BCUT2D eigenvalue weighted by Gasteiger charge is -2.00. The van der Waals surface area contributed by atoms with E-state index < -0.39 is 11.6 Å². The van der Waals surface area contributed by atoms with Gasteiger partial charge in [0.1, 0.15) is 17.5 Å². The SMILES string of the molecule is N=C(N)c1cc(F)c(Br)c(F)c1. The van der Waals surface area contributed by atoms with Gasteiger partial charge >= 0.3 is 0 Å². The number of nitrogen functional groups attached to an aromatic ring is 1. The summed E-state index contributed by atoms with van der Waals surface area (Å²) in [5.74, 6) is -1.89. The van der Waals surface area contributed by atoms with Gasteiger partial charge in [-0.1, -0.05) is 0 Å². The second-order valence-corrected chi connectivity index (χ2v) is 2.96. The average molecular weight is 235 g/mol. The summed E-state index contributed by atoms with van der Waals surface area (Å²) in [5, 5.41) is 6.93. The molecule has 3 N–H and O–H groups in total. The molecule has 0 amide bonds. The van der Waals surface area contributed by atoms with Gasteiger partial charge in [-0.15, -0.1) is 0 Å². The first-order valence-electron chi connectivity index (χ1n) is 3.01. The maximum atomic E-state index is 12.8. The molecule has 0 radical (unpaired) electrons.